The minimum Gasteiger partial charge on any atom is -0.494 e. The molecule has 152 valence electrons. The first-order chi connectivity index (χ1) is 14.0. The van der Waals surface area contributed by atoms with Crippen molar-refractivity contribution in [3.8, 4) is 5.75 Å². The Hall–Kier alpha value is -2.74. The zero-order valence-electron chi connectivity index (χ0n) is 15.7. The van der Waals surface area contributed by atoms with Gasteiger partial charge in [-0.15, -0.1) is 0 Å². The Morgan fingerprint density at radius 3 is 2.59 bits per heavy atom. The molecule has 8 heteroatoms. The Morgan fingerprint density at radius 2 is 1.86 bits per heavy atom. The summed E-state index contributed by atoms with van der Waals surface area (Å²) in [7, 11) is 0. The third-order valence-electron chi connectivity index (χ3n) is 3.87. The Kier molecular flexibility index (Phi) is 6.98. The van der Waals surface area contributed by atoms with Gasteiger partial charge in [0.1, 0.15) is 16.3 Å². The molecule has 0 atom stereocenters. The number of aromatic nitrogens is 2. The molecule has 0 fully saturated rings. The summed E-state index contributed by atoms with van der Waals surface area (Å²) >= 11 is 0.947. The number of halogens is 3. The van der Waals surface area contributed by atoms with E-state index in [1.54, 1.807) is 48.5 Å². The molecule has 0 unspecified atom stereocenters. The van der Waals surface area contributed by atoms with Gasteiger partial charge < -0.3 is 10.1 Å². The molecule has 0 aliphatic heterocycles. The molecule has 1 aromatic heterocycles. The van der Waals surface area contributed by atoms with E-state index in [1.165, 1.54) is 0 Å². The molecule has 0 radical (unpaired) electrons. The van der Waals surface area contributed by atoms with E-state index in [4.69, 9.17) is 4.74 Å². The van der Waals surface area contributed by atoms with Crippen molar-refractivity contribution < 1.29 is 17.9 Å². The lowest BCUT2D eigenvalue weighted by Crippen LogP contribution is -2.10. The highest BCUT2D eigenvalue weighted by molar-refractivity contribution is 7.99. The van der Waals surface area contributed by atoms with Crippen molar-refractivity contribution in [2.75, 3.05) is 11.9 Å². The van der Waals surface area contributed by atoms with Gasteiger partial charge in [-0.1, -0.05) is 49.4 Å². The molecule has 3 rings (SSSR count). The standard InChI is InChI=1S/C21H20F3N3OS/c1-2-3-12-28-16-9-7-8-15(13-16)26-20-25-14-18(21(22,23)24)19(27-20)29-17-10-5-4-6-11-17/h4-11,13-14H,2-3,12H2,1H3,(H,25,26,27). The van der Waals surface area contributed by atoms with Gasteiger partial charge in [0, 0.05) is 22.8 Å². The van der Waals surface area contributed by atoms with E-state index in [1.807, 2.05) is 6.07 Å². The van der Waals surface area contributed by atoms with Gasteiger partial charge in [0.05, 0.1) is 6.61 Å². The van der Waals surface area contributed by atoms with E-state index in [0.29, 0.717) is 22.9 Å². The van der Waals surface area contributed by atoms with E-state index >= 15 is 0 Å². The highest BCUT2D eigenvalue weighted by Gasteiger charge is 2.35. The maximum absolute atomic E-state index is 13.4. The highest BCUT2D eigenvalue weighted by atomic mass is 32.2. The lowest BCUT2D eigenvalue weighted by molar-refractivity contribution is -0.140. The van der Waals surface area contributed by atoms with Crippen molar-refractivity contribution in [3.63, 3.8) is 0 Å². The molecule has 0 aliphatic rings. The van der Waals surface area contributed by atoms with Gasteiger partial charge in [-0.3, -0.25) is 0 Å². The van der Waals surface area contributed by atoms with Crippen LogP contribution in [0.4, 0.5) is 24.8 Å². The van der Waals surface area contributed by atoms with E-state index in [-0.39, 0.29) is 11.0 Å². The zero-order valence-corrected chi connectivity index (χ0v) is 16.6. The summed E-state index contributed by atoms with van der Waals surface area (Å²) < 4.78 is 45.8. The summed E-state index contributed by atoms with van der Waals surface area (Å²) in [6.45, 7) is 2.68. The first-order valence-corrected chi connectivity index (χ1v) is 9.94. The molecule has 1 heterocycles. The van der Waals surface area contributed by atoms with Gasteiger partial charge >= 0.3 is 6.18 Å². The summed E-state index contributed by atoms with van der Waals surface area (Å²) in [5, 5.41) is 2.80. The Balaban J connectivity index is 1.83. The molecule has 0 bridgehead atoms. The number of ether oxygens (including phenoxy) is 1. The van der Waals surface area contributed by atoms with Crippen molar-refractivity contribution in [3.05, 3.63) is 66.4 Å². The zero-order chi connectivity index (χ0) is 20.7. The largest absolute Gasteiger partial charge is 0.494 e. The van der Waals surface area contributed by atoms with E-state index in [9.17, 15) is 13.2 Å². The fourth-order valence-corrected chi connectivity index (χ4v) is 3.35. The number of hydrogen-bond acceptors (Lipinski definition) is 5. The smallest absolute Gasteiger partial charge is 0.420 e. The summed E-state index contributed by atoms with van der Waals surface area (Å²) in [5.74, 6) is 0.761. The number of rotatable bonds is 8. The topological polar surface area (TPSA) is 47.0 Å². The van der Waals surface area contributed by atoms with Crippen LogP contribution in [-0.2, 0) is 6.18 Å². The molecule has 1 N–H and O–H groups in total. The van der Waals surface area contributed by atoms with Crippen molar-refractivity contribution in [1.82, 2.24) is 9.97 Å². The quantitative estimate of drug-likeness (QED) is 0.331. The van der Waals surface area contributed by atoms with Gasteiger partial charge in [-0.05, 0) is 30.7 Å². The van der Waals surface area contributed by atoms with Gasteiger partial charge in [-0.25, -0.2) is 9.97 Å². The maximum Gasteiger partial charge on any atom is 0.420 e. The highest BCUT2D eigenvalue weighted by Crippen LogP contribution is 2.38. The predicted octanol–water partition coefficient (Wildman–Crippen LogP) is 6.57. The van der Waals surface area contributed by atoms with Crippen LogP contribution in [0.1, 0.15) is 25.3 Å². The molecule has 0 saturated carbocycles. The second-order valence-electron chi connectivity index (χ2n) is 6.18. The predicted molar refractivity (Wildman–Crippen MR) is 108 cm³/mol. The third kappa shape index (κ3) is 6.12. The first-order valence-electron chi connectivity index (χ1n) is 9.12. The summed E-state index contributed by atoms with van der Waals surface area (Å²) in [6.07, 6.45) is -1.76. The molecule has 2 aromatic carbocycles. The Morgan fingerprint density at radius 1 is 1.07 bits per heavy atom. The van der Waals surface area contributed by atoms with Crippen molar-refractivity contribution >= 4 is 23.4 Å². The van der Waals surface area contributed by atoms with E-state index in [2.05, 4.69) is 22.2 Å². The SMILES string of the molecule is CCCCOc1cccc(Nc2ncc(C(F)(F)F)c(Sc3ccccc3)n2)c1. The molecule has 0 saturated heterocycles. The molecule has 0 amide bonds. The van der Waals surface area contributed by atoms with Crippen LogP contribution >= 0.6 is 11.8 Å². The van der Waals surface area contributed by atoms with Crippen LogP contribution < -0.4 is 10.1 Å². The van der Waals surface area contributed by atoms with Gasteiger partial charge in [0.15, 0.2) is 0 Å². The van der Waals surface area contributed by atoms with Crippen LogP contribution in [0, 0.1) is 0 Å². The summed E-state index contributed by atoms with van der Waals surface area (Å²) in [6, 6.07) is 16.0. The summed E-state index contributed by atoms with van der Waals surface area (Å²) in [5.41, 5.74) is -0.233. The molecular weight excluding hydrogens is 399 g/mol. The van der Waals surface area contributed by atoms with Crippen molar-refractivity contribution in [2.45, 2.75) is 35.9 Å². The van der Waals surface area contributed by atoms with Gasteiger partial charge in [0.2, 0.25) is 5.95 Å². The fourth-order valence-electron chi connectivity index (χ4n) is 2.43. The van der Waals surface area contributed by atoms with Crippen LogP contribution in [0.2, 0.25) is 0 Å². The third-order valence-corrected chi connectivity index (χ3v) is 4.89. The fraction of sp³-hybridized carbons (Fsp3) is 0.238. The number of alkyl halides is 3. The number of nitrogens with one attached hydrogen (secondary N) is 1. The van der Waals surface area contributed by atoms with Crippen LogP contribution in [-0.4, -0.2) is 16.6 Å². The number of unbranched alkanes of at least 4 members (excludes halogenated alkanes) is 1. The lowest BCUT2D eigenvalue weighted by Gasteiger charge is -2.13. The first kappa shape index (κ1) is 21.0. The molecule has 0 spiro atoms. The average molecular weight is 419 g/mol. The summed E-state index contributed by atoms with van der Waals surface area (Å²) in [4.78, 5) is 8.63. The van der Waals surface area contributed by atoms with Crippen molar-refractivity contribution in [1.29, 1.82) is 0 Å². The molecular formula is C21H20F3N3OS. The number of nitrogens with zero attached hydrogens (tertiary/aromatic N) is 2. The van der Waals surface area contributed by atoms with Crippen LogP contribution in [0.25, 0.3) is 0 Å². The maximum atomic E-state index is 13.4. The Bertz CT molecular complexity index is 936. The second-order valence-corrected chi connectivity index (χ2v) is 7.24. The van der Waals surface area contributed by atoms with Crippen LogP contribution in [0.15, 0.2) is 70.7 Å². The number of hydrogen-bond donors (Lipinski definition) is 1. The van der Waals surface area contributed by atoms with Gasteiger partial charge in [-0.2, -0.15) is 13.2 Å². The molecule has 4 nitrogen and oxygen atoms in total. The molecule has 3 aromatic rings. The minimum atomic E-state index is -4.54. The second kappa shape index (κ2) is 9.65. The van der Waals surface area contributed by atoms with E-state index < -0.39 is 11.7 Å². The number of anilines is 2. The molecule has 0 aliphatic carbocycles. The molecule has 29 heavy (non-hydrogen) atoms. The average Bonchev–Trinajstić information content (AvgIpc) is 2.69. The van der Waals surface area contributed by atoms with Crippen molar-refractivity contribution in [2.24, 2.45) is 0 Å². The lowest BCUT2D eigenvalue weighted by atomic mass is 10.3. The van der Waals surface area contributed by atoms with E-state index in [0.717, 1.165) is 30.8 Å². The van der Waals surface area contributed by atoms with Crippen LogP contribution in [0.5, 0.6) is 5.75 Å². The monoisotopic (exact) mass is 419 g/mol. The van der Waals surface area contributed by atoms with Crippen LogP contribution in [0.3, 0.4) is 0 Å². The minimum absolute atomic E-state index is 0.0853. The normalized spacial score (nSPS) is 11.3. The Labute approximate surface area is 171 Å². The number of benzene rings is 2. The van der Waals surface area contributed by atoms with Gasteiger partial charge in [0.25, 0.3) is 0 Å².